The number of nitrogens with zero attached hydrogens (tertiary/aromatic N) is 1. The van der Waals surface area contributed by atoms with Crippen LogP contribution in [-0.2, 0) is 6.54 Å². The van der Waals surface area contributed by atoms with Crippen LogP contribution in [0.4, 0.5) is 0 Å². The van der Waals surface area contributed by atoms with E-state index in [-0.39, 0.29) is 0 Å². The van der Waals surface area contributed by atoms with E-state index in [2.05, 4.69) is 30.3 Å². The number of aryl methyl sites for hydroxylation is 1. The van der Waals surface area contributed by atoms with Crippen molar-refractivity contribution in [1.82, 2.24) is 9.55 Å². The average molecular weight is 198 g/mol. The maximum absolute atomic E-state index is 5.16. The third-order valence-corrected chi connectivity index (χ3v) is 2.58. The molecule has 0 saturated heterocycles. The summed E-state index contributed by atoms with van der Waals surface area (Å²) in [5, 5.41) is 0. The first-order valence-electron chi connectivity index (χ1n) is 4.86. The summed E-state index contributed by atoms with van der Waals surface area (Å²) >= 11 is 5.16. The van der Waals surface area contributed by atoms with Gasteiger partial charge in [-0.15, -0.1) is 0 Å². The van der Waals surface area contributed by atoms with Crippen LogP contribution in [0.25, 0.3) is 0 Å². The van der Waals surface area contributed by atoms with Gasteiger partial charge in [-0.25, -0.2) is 0 Å². The summed E-state index contributed by atoms with van der Waals surface area (Å²) < 4.78 is 3.01. The molecule has 0 aromatic carbocycles. The predicted octanol–water partition coefficient (Wildman–Crippen LogP) is 3.29. The molecule has 0 amide bonds. The zero-order valence-electron chi connectivity index (χ0n) is 8.63. The van der Waals surface area contributed by atoms with Crippen molar-refractivity contribution in [2.45, 2.75) is 40.2 Å². The number of H-pyrrole nitrogens is 1. The normalized spacial score (nSPS) is 11.1. The highest BCUT2D eigenvalue weighted by molar-refractivity contribution is 7.71. The van der Waals surface area contributed by atoms with Gasteiger partial charge in [0.1, 0.15) is 0 Å². The molecule has 0 radical (unpaired) electrons. The van der Waals surface area contributed by atoms with Crippen LogP contribution >= 0.6 is 12.2 Å². The number of aromatic amines is 1. The fourth-order valence-corrected chi connectivity index (χ4v) is 1.71. The fraction of sp³-hybridized carbons (Fsp3) is 0.700. The van der Waals surface area contributed by atoms with E-state index in [0.717, 1.165) is 17.2 Å². The van der Waals surface area contributed by atoms with Crippen LogP contribution < -0.4 is 0 Å². The van der Waals surface area contributed by atoms with E-state index in [0.29, 0.717) is 0 Å². The van der Waals surface area contributed by atoms with Crippen molar-refractivity contribution in [2.75, 3.05) is 0 Å². The smallest absolute Gasteiger partial charge is 0.177 e. The molecule has 0 aliphatic rings. The largest absolute Gasteiger partial charge is 0.337 e. The standard InChI is InChI=1S/C10H18N2S/c1-8(2)5-4-6-12-9(3)7-11-10(12)13/h7-8H,4-6H2,1-3H3,(H,11,13). The summed E-state index contributed by atoms with van der Waals surface area (Å²) in [6.07, 6.45) is 4.45. The first kappa shape index (κ1) is 10.5. The van der Waals surface area contributed by atoms with Crippen molar-refractivity contribution >= 4 is 12.2 Å². The molecule has 0 fully saturated rings. The molecule has 0 aliphatic heterocycles. The topological polar surface area (TPSA) is 20.7 Å². The lowest BCUT2D eigenvalue weighted by Crippen LogP contribution is -2.01. The molecule has 1 N–H and O–H groups in total. The molecule has 1 aromatic rings. The van der Waals surface area contributed by atoms with Crippen LogP contribution in [-0.4, -0.2) is 9.55 Å². The highest BCUT2D eigenvalue weighted by atomic mass is 32.1. The van der Waals surface area contributed by atoms with Crippen LogP contribution in [0, 0.1) is 17.6 Å². The van der Waals surface area contributed by atoms with E-state index in [1.54, 1.807) is 0 Å². The first-order chi connectivity index (χ1) is 6.11. The Hall–Kier alpha value is -0.570. The van der Waals surface area contributed by atoms with Gasteiger partial charge in [-0.3, -0.25) is 0 Å². The van der Waals surface area contributed by atoms with Crippen LogP contribution in [0.15, 0.2) is 6.20 Å². The Labute approximate surface area is 85.0 Å². The molecule has 1 rings (SSSR count). The number of rotatable bonds is 4. The number of hydrogen-bond acceptors (Lipinski definition) is 1. The lowest BCUT2D eigenvalue weighted by atomic mass is 10.1. The van der Waals surface area contributed by atoms with E-state index in [1.165, 1.54) is 18.5 Å². The van der Waals surface area contributed by atoms with Crippen molar-refractivity contribution in [1.29, 1.82) is 0 Å². The number of aromatic nitrogens is 2. The van der Waals surface area contributed by atoms with Crippen molar-refractivity contribution in [2.24, 2.45) is 5.92 Å². The van der Waals surface area contributed by atoms with Crippen molar-refractivity contribution in [3.8, 4) is 0 Å². The van der Waals surface area contributed by atoms with Gasteiger partial charge in [-0.1, -0.05) is 13.8 Å². The molecule has 3 heteroatoms. The van der Waals surface area contributed by atoms with Gasteiger partial charge in [-0.2, -0.15) is 0 Å². The highest BCUT2D eigenvalue weighted by Crippen LogP contribution is 2.07. The van der Waals surface area contributed by atoms with Gasteiger partial charge in [0.05, 0.1) is 0 Å². The minimum Gasteiger partial charge on any atom is -0.337 e. The second kappa shape index (κ2) is 4.61. The third kappa shape index (κ3) is 2.99. The molecule has 1 heterocycles. The number of nitrogens with one attached hydrogen (secondary N) is 1. The van der Waals surface area contributed by atoms with Crippen LogP contribution in [0.3, 0.4) is 0 Å². The quantitative estimate of drug-likeness (QED) is 0.736. The Morgan fingerprint density at radius 2 is 2.23 bits per heavy atom. The third-order valence-electron chi connectivity index (χ3n) is 2.24. The summed E-state index contributed by atoms with van der Waals surface area (Å²) in [7, 11) is 0. The minimum atomic E-state index is 0.786. The Bertz CT molecular complexity index is 309. The number of hydrogen-bond donors (Lipinski definition) is 1. The summed E-state index contributed by atoms with van der Waals surface area (Å²) in [5.41, 5.74) is 1.23. The van der Waals surface area contributed by atoms with Crippen molar-refractivity contribution in [3.05, 3.63) is 16.7 Å². The van der Waals surface area contributed by atoms with Gasteiger partial charge in [0, 0.05) is 18.4 Å². The Balaban J connectivity index is 2.50. The monoisotopic (exact) mass is 198 g/mol. The molecule has 0 aliphatic carbocycles. The van der Waals surface area contributed by atoms with Gasteiger partial charge in [0.2, 0.25) is 0 Å². The Kier molecular flexibility index (Phi) is 3.72. The summed E-state index contributed by atoms with van der Waals surface area (Å²) in [4.78, 5) is 3.05. The van der Waals surface area contributed by atoms with Gasteiger partial charge in [-0.05, 0) is 37.9 Å². The van der Waals surface area contributed by atoms with E-state index in [9.17, 15) is 0 Å². The van der Waals surface area contributed by atoms with E-state index >= 15 is 0 Å². The molecule has 2 nitrogen and oxygen atoms in total. The predicted molar refractivity (Wildman–Crippen MR) is 58.4 cm³/mol. The van der Waals surface area contributed by atoms with E-state index < -0.39 is 0 Å². The van der Waals surface area contributed by atoms with Crippen LogP contribution in [0.2, 0.25) is 0 Å². The Morgan fingerprint density at radius 1 is 1.54 bits per heavy atom. The van der Waals surface area contributed by atoms with E-state index in [4.69, 9.17) is 12.2 Å². The molecule has 0 saturated carbocycles. The molecule has 1 aromatic heterocycles. The van der Waals surface area contributed by atoms with Gasteiger partial charge in [0.15, 0.2) is 4.77 Å². The first-order valence-corrected chi connectivity index (χ1v) is 5.27. The van der Waals surface area contributed by atoms with E-state index in [1.807, 2.05) is 6.20 Å². The molecule has 0 unspecified atom stereocenters. The van der Waals surface area contributed by atoms with Gasteiger partial charge < -0.3 is 9.55 Å². The zero-order chi connectivity index (χ0) is 9.84. The maximum Gasteiger partial charge on any atom is 0.177 e. The second-order valence-electron chi connectivity index (χ2n) is 3.92. The fourth-order valence-electron chi connectivity index (χ4n) is 1.42. The van der Waals surface area contributed by atoms with Crippen LogP contribution in [0.5, 0.6) is 0 Å². The van der Waals surface area contributed by atoms with Crippen molar-refractivity contribution in [3.63, 3.8) is 0 Å². The number of imidazole rings is 1. The molecule has 74 valence electrons. The molecule has 0 atom stereocenters. The minimum absolute atomic E-state index is 0.786. The summed E-state index contributed by atoms with van der Waals surface area (Å²) in [6, 6.07) is 0. The lowest BCUT2D eigenvalue weighted by Gasteiger charge is -2.06. The second-order valence-corrected chi connectivity index (χ2v) is 4.31. The maximum atomic E-state index is 5.16. The molecule has 0 bridgehead atoms. The zero-order valence-corrected chi connectivity index (χ0v) is 9.45. The van der Waals surface area contributed by atoms with Crippen LogP contribution in [0.1, 0.15) is 32.4 Å². The molecular formula is C10H18N2S. The van der Waals surface area contributed by atoms with Gasteiger partial charge >= 0.3 is 0 Å². The average Bonchev–Trinajstić information content (AvgIpc) is 2.34. The highest BCUT2D eigenvalue weighted by Gasteiger charge is 1.99. The molecule has 13 heavy (non-hydrogen) atoms. The lowest BCUT2D eigenvalue weighted by molar-refractivity contribution is 0.506. The Morgan fingerprint density at radius 3 is 2.69 bits per heavy atom. The summed E-state index contributed by atoms with van der Waals surface area (Å²) in [6.45, 7) is 7.64. The van der Waals surface area contributed by atoms with Crippen molar-refractivity contribution < 1.29 is 0 Å². The molecular weight excluding hydrogens is 180 g/mol. The SMILES string of the molecule is Cc1c[nH]c(=S)n1CCCC(C)C. The van der Waals surface area contributed by atoms with Gasteiger partial charge in [0.25, 0.3) is 0 Å². The molecule has 0 spiro atoms. The summed E-state index contributed by atoms with van der Waals surface area (Å²) in [5.74, 6) is 0.786.